The van der Waals surface area contributed by atoms with Crippen molar-refractivity contribution in [2.75, 3.05) is 0 Å². The maximum atomic E-state index is 2.40. The van der Waals surface area contributed by atoms with Crippen LogP contribution in [0.4, 0.5) is 0 Å². The van der Waals surface area contributed by atoms with Gasteiger partial charge in [0, 0.05) is 9.79 Å². The van der Waals surface area contributed by atoms with Crippen molar-refractivity contribution in [1.29, 1.82) is 0 Å². The molecule has 2 aromatic rings. The molecule has 2 heteroatoms. The molecule has 0 aromatic heterocycles. The van der Waals surface area contributed by atoms with Gasteiger partial charge in [-0.3, -0.25) is 0 Å². The highest BCUT2D eigenvalue weighted by Gasteiger charge is 2.13. The van der Waals surface area contributed by atoms with E-state index >= 15 is 0 Å². The summed E-state index contributed by atoms with van der Waals surface area (Å²) < 4.78 is 0. The van der Waals surface area contributed by atoms with Gasteiger partial charge in [0.1, 0.15) is 0 Å². The lowest BCUT2D eigenvalue weighted by Crippen LogP contribution is -1.83. The molecule has 0 atom stereocenters. The molecule has 0 N–H and O–H groups in total. The monoisotopic (exact) mass is 298 g/mol. The molecule has 0 radical (unpaired) electrons. The third kappa shape index (κ3) is 2.51. The van der Waals surface area contributed by atoms with Crippen molar-refractivity contribution < 1.29 is 0 Å². The van der Waals surface area contributed by atoms with Gasteiger partial charge in [-0.05, 0) is 85.0 Å². The lowest BCUT2D eigenvalue weighted by atomic mass is 10.1. The second kappa shape index (κ2) is 5.50. The van der Waals surface area contributed by atoms with E-state index in [2.05, 4.69) is 36.4 Å². The van der Waals surface area contributed by atoms with Crippen molar-refractivity contribution >= 4 is 21.6 Å². The van der Waals surface area contributed by atoms with Crippen molar-refractivity contribution in [3.8, 4) is 0 Å². The number of rotatable bonds is 3. The first-order valence-corrected chi connectivity index (χ1v) is 9.62. The predicted molar refractivity (Wildman–Crippen MR) is 88.6 cm³/mol. The van der Waals surface area contributed by atoms with E-state index < -0.39 is 0 Å². The molecule has 2 aliphatic carbocycles. The fourth-order valence-electron chi connectivity index (χ4n) is 3.30. The van der Waals surface area contributed by atoms with Crippen LogP contribution in [0.5, 0.6) is 0 Å². The van der Waals surface area contributed by atoms with Crippen LogP contribution in [0.1, 0.15) is 35.1 Å². The zero-order valence-electron chi connectivity index (χ0n) is 11.5. The molecule has 2 aliphatic rings. The Hall–Kier alpha value is -0.860. The zero-order chi connectivity index (χ0) is 13.4. The molecular formula is C18H18S2. The van der Waals surface area contributed by atoms with Crippen LogP contribution in [0.15, 0.2) is 46.2 Å². The quantitative estimate of drug-likeness (QED) is 0.690. The Morgan fingerprint density at radius 3 is 1.50 bits per heavy atom. The lowest BCUT2D eigenvalue weighted by molar-refractivity contribution is 0.911. The highest BCUT2D eigenvalue weighted by molar-refractivity contribution is 8.76. The smallest absolute Gasteiger partial charge is 0.0189 e. The summed E-state index contributed by atoms with van der Waals surface area (Å²) in [6.45, 7) is 0. The van der Waals surface area contributed by atoms with Crippen LogP contribution in [-0.2, 0) is 25.7 Å². The number of hydrogen-bond donors (Lipinski definition) is 0. The molecule has 0 saturated carbocycles. The van der Waals surface area contributed by atoms with Crippen molar-refractivity contribution in [3.63, 3.8) is 0 Å². The molecular weight excluding hydrogens is 280 g/mol. The Morgan fingerprint density at radius 1 is 0.550 bits per heavy atom. The van der Waals surface area contributed by atoms with E-state index in [1.807, 2.05) is 21.6 Å². The van der Waals surface area contributed by atoms with Crippen LogP contribution < -0.4 is 0 Å². The lowest BCUT2D eigenvalue weighted by Gasteiger charge is -2.06. The van der Waals surface area contributed by atoms with Gasteiger partial charge in [-0.1, -0.05) is 33.7 Å². The Balaban J connectivity index is 1.47. The Bertz CT molecular complexity index is 588. The summed E-state index contributed by atoms with van der Waals surface area (Å²) in [5.41, 5.74) is 6.28. The SMILES string of the molecule is c1cc2c(cc1SSc1ccc3c(c1)CCC3)CCC2. The maximum Gasteiger partial charge on any atom is 0.0189 e. The molecule has 0 saturated heterocycles. The molecule has 0 aliphatic heterocycles. The van der Waals surface area contributed by atoms with Crippen molar-refractivity contribution in [3.05, 3.63) is 58.7 Å². The fraction of sp³-hybridized carbons (Fsp3) is 0.333. The highest BCUT2D eigenvalue weighted by Crippen LogP contribution is 2.40. The number of aryl methyl sites for hydroxylation is 4. The number of hydrogen-bond acceptors (Lipinski definition) is 2. The first kappa shape index (κ1) is 12.8. The van der Waals surface area contributed by atoms with E-state index in [0.717, 1.165) is 0 Å². The largest absolute Gasteiger partial charge is 0.0576 e. The summed E-state index contributed by atoms with van der Waals surface area (Å²) >= 11 is 0. The Kier molecular flexibility index (Phi) is 3.53. The summed E-state index contributed by atoms with van der Waals surface area (Å²) in [5.74, 6) is 0. The number of benzene rings is 2. The zero-order valence-corrected chi connectivity index (χ0v) is 13.2. The van der Waals surface area contributed by atoms with Crippen LogP contribution in [0.2, 0.25) is 0 Å². The average molecular weight is 298 g/mol. The van der Waals surface area contributed by atoms with E-state index in [1.54, 1.807) is 22.3 Å². The molecule has 0 nitrogen and oxygen atoms in total. The summed E-state index contributed by atoms with van der Waals surface area (Å²) in [5, 5.41) is 0. The molecule has 0 unspecified atom stereocenters. The van der Waals surface area contributed by atoms with Crippen molar-refractivity contribution in [2.24, 2.45) is 0 Å². The second-order valence-corrected chi connectivity index (χ2v) is 8.01. The van der Waals surface area contributed by atoms with E-state index in [9.17, 15) is 0 Å². The summed E-state index contributed by atoms with van der Waals surface area (Å²) in [6.07, 6.45) is 7.76. The van der Waals surface area contributed by atoms with E-state index in [4.69, 9.17) is 0 Å². The van der Waals surface area contributed by atoms with Gasteiger partial charge in [-0.25, -0.2) is 0 Å². The molecule has 0 amide bonds. The molecule has 0 fully saturated rings. The molecule has 2 aromatic carbocycles. The van der Waals surface area contributed by atoms with Crippen LogP contribution >= 0.6 is 21.6 Å². The Labute approximate surface area is 128 Å². The highest BCUT2D eigenvalue weighted by atomic mass is 33.1. The summed E-state index contributed by atoms with van der Waals surface area (Å²) in [6, 6.07) is 14.0. The topological polar surface area (TPSA) is 0 Å². The van der Waals surface area contributed by atoms with Crippen molar-refractivity contribution in [2.45, 2.75) is 48.3 Å². The van der Waals surface area contributed by atoms with Crippen LogP contribution in [-0.4, -0.2) is 0 Å². The Morgan fingerprint density at radius 2 is 1.00 bits per heavy atom. The van der Waals surface area contributed by atoms with Crippen LogP contribution in [0.25, 0.3) is 0 Å². The van der Waals surface area contributed by atoms with Crippen LogP contribution in [0.3, 0.4) is 0 Å². The van der Waals surface area contributed by atoms with Gasteiger partial charge in [0.25, 0.3) is 0 Å². The minimum absolute atomic E-state index is 1.27. The molecule has 0 heterocycles. The second-order valence-electron chi connectivity index (χ2n) is 5.73. The van der Waals surface area contributed by atoms with Gasteiger partial charge >= 0.3 is 0 Å². The average Bonchev–Trinajstić information content (AvgIpc) is 3.12. The predicted octanol–water partition coefficient (Wildman–Crippen LogP) is 5.46. The van der Waals surface area contributed by atoms with Gasteiger partial charge < -0.3 is 0 Å². The molecule has 0 bridgehead atoms. The standard InChI is InChI=1S/C18H18S2/c1-3-13-7-9-17(11-15(13)5-1)19-20-18-10-8-14-4-2-6-16(14)12-18/h7-12H,1-6H2. The first-order chi connectivity index (χ1) is 9.88. The summed E-state index contributed by atoms with van der Waals surface area (Å²) in [7, 11) is 3.80. The normalized spacial score (nSPS) is 16.2. The third-order valence-corrected chi connectivity index (χ3v) is 6.75. The van der Waals surface area contributed by atoms with Gasteiger partial charge in [0.2, 0.25) is 0 Å². The van der Waals surface area contributed by atoms with Gasteiger partial charge in [0.05, 0.1) is 0 Å². The van der Waals surface area contributed by atoms with E-state index in [1.165, 1.54) is 48.3 Å². The van der Waals surface area contributed by atoms with Gasteiger partial charge in [-0.2, -0.15) is 0 Å². The first-order valence-electron chi connectivity index (χ1n) is 7.47. The molecule has 0 spiro atoms. The van der Waals surface area contributed by atoms with Gasteiger partial charge in [-0.15, -0.1) is 0 Å². The maximum absolute atomic E-state index is 2.40. The molecule has 20 heavy (non-hydrogen) atoms. The number of fused-ring (bicyclic) bond motifs is 2. The minimum Gasteiger partial charge on any atom is -0.0576 e. The summed E-state index contributed by atoms with van der Waals surface area (Å²) in [4.78, 5) is 2.80. The fourth-order valence-corrected chi connectivity index (χ4v) is 5.32. The third-order valence-electron chi connectivity index (χ3n) is 4.37. The van der Waals surface area contributed by atoms with Crippen LogP contribution in [0, 0.1) is 0 Å². The van der Waals surface area contributed by atoms with E-state index in [0.29, 0.717) is 0 Å². The molecule has 102 valence electrons. The van der Waals surface area contributed by atoms with E-state index in [-0.39, 0.29) is 0 Å². The minimum atomic E-state index is 1.27. The molecule has 4 rings (SSSR count). The van der Waals surface area contributed by atoms with Gasteiger partial charge in [0.15, 0.2) is 0 Å². The van der Waals surface area contributed by atoms with Crippen molar-refractivity contribution in [1.82, 2.24) is 0 Å².